The molecule has 3 aromatic rings. The average molecular weight is 308 g/mol. The highest BCUT2D eigenvalue weighted by molar-refractivity contribution is 5.41. The van der Waals surface area contributed by atoms with Crippen molar-refractivity contribution in [3.05, 3.63) is 60.4 Å². The molecule has 5 nitrogen and oxygen atoms in total. The minimum Gasteiger partial charge on any atom is -0.439 e. The summed E-state index contributed by atoms with van der Waals surface area (Å²) in [6.45, 7) is 8.64. The van der Waals surface area contributed by atoms with Crippen molar-refractivity contribution in [3.8, 4) is 17.4 Å². The predicted molar refractivity (Wildman–Crippen MR) is 89.1 cm³/mol. The molecule has 0 aliphatic heterocycles. The molecule has 3 rings (SSSR count). The molecule has 118 valence electrons. The van der Waals surface area contributed by atoms with E-state index in [4.69, 9.17) is 4.74 Å². The van der Waals surface area contributed by atoms with Gasteiger partial charge in [-0.2, -0.15) is 0 Å². The van der Waals surface area contributed by atoms with E-state index in [9.17, 15) is 0 Å². The Labute approximate surface area is 136 Å². The molecule has 23 heavy (non-hydrogen) atoms. The Kier molecular flexibility index (Phi) is 3.86. The van der Waals surface area contributed by atoms with Gasteiger partial charge in [0.25, 0.3) is 0 Å². The highest BCUT2D eigenvalue weighted by Gasteiger charge is 2.15. The molecular formula is C18H20N4O. The summed E-state index contributed by atoms with van der Waals surface area (Å²) < 4.78 is 7.74. The minimum absolute atomic E-state index is 0.118. The van der Waals surface area contributed by atoms with Crippen LogP contribution >= 0.6 is 0 Å². The number of aryl methyl sites for hydroxylation is 1. The number of hydrogen-bond donors (Lipinski definition) is 0. The lowest BCUT2D eigenvalue weighted by Crippen LogP contribution is -2.11. The lowest BCUT2D eigenvalue weighted by Gasteiger charge is -2.20. The quantitative estimate of drug-likeness (QED) is 0.732. The first-order valence-corrected chi connectivity index (χ1v) is 7.53. The van der Waals surface area contributed by atoms with Crippen LogP contribution in [-0.4, -0.2) is 19.5 Å². The number of nitrogens with zero attached hydrogens (tertiary/aromatic N) is 4. The Morgan fingerprint density at radius 3 is 2.57 bits per heavy atom. The number of imidazole rings is 1. The first-order chi connectivity index (χ1) is 10.9. The van der Waals surface area contributed by atoms with E-state index in [1.54, 1.807) is 18.6 Å². The van der Waals surface area contributed by atoms with Crippen molar-refractivity contribution in [3.63, 3.8) is 0 Å². The Morgan fingerprint density at radius 2 is 1.91 bits per heavy atom. The predicted octanol–water partition coefficient (Wildman–Crippen LogP) is 4.06. The van der Waals surface area contributed by atoms with Gasteiger partial charge in [-0.25, -0.2) is 15.0 Å². The van der Waals surface area contributed by atoms with Crippen LogP contribution < -0.4 is 4.74 Å². The van der Waals surface area contributed by atoms with Gasteiger partial charge in [-0.15, -0.1) is 0 Å². The molecule has 2 heterocycles. The van der Waals surface area contributed by atoms with E-state index in [2.05, 4.69) is 47.9 Å². The SMILES string of the molecule is Cc1cc(C(C)(C)C)ccc1Oc1cc(-n2ccnc2)ncn1. The maximum atomic E-state index is 5.93. The van der Waals surface area contributed by atoms with Crippen LogP contribution in [0.2, 0.25) is 0 Å². The summed E-state index contributed by atoms with van der Waals surface area (Å²) in [6.07, 6.45) is 6.71. The number of rotatable bonds is 3. The third kappa shape index (κ3) is 3.39. The van der Waals surface area contributed by atoms with Crippen molar-refractivity contribution in [2.45, 2.75) is 33.1 Å². The van der Waals surface area contributed by atoms with Crippen molar-refractivity contribution in [1.82, 2.24) is 19.5 Å². The summed E-state index contributed by atoms with van der Waals surface area (Å²) in [5.41, 5.74) is 2.48. The topological polar surface area (TPSA) is 52.8 Å². The molecule has 0 bridgehead atoms. The molecule has 5 heteroatoms. The molecule has 0 saturated heterocycles. The van der Waals surface area contributed by atoms with Crippen LogP contribution in [0.1, 0.15) is 31.9 Å². The lowest BCUT2D eigenvalue weighted by atomic mass is 9.86. The molecule has 0 fully saturated rings. The maximum absolute atomic E-state index is 5.93. The molecule has 0 aliphatic carbocycles. The van der Waals surface area contributed by atoms with Crippen molar-refractivity contribution in [1.29, 1.82) is 0 Å². The summed E-state index contributed by atoms with van der Waals surface area (Å²) in [7, 11) is 0. The van der Waals surface area contributed by atoms with E-state index in [0.717, 1.165) is 17.1 Å². The fourth-order valence-corrected chi connectivity index (χ4v) is 2.26. The molecule has 2 aromatic heterocycles. The largest absolute Gasteiger partial charge is 0.439 e. The summed E-state index contributed by atoms with van der Waals surface area (Å²) in [4.78, 5) is 12.4. The van der Waals surface area contributed by atoms with Crippen molar-refractivity contribution in [2.24, 2.45) is 0 Å². The Balaban J connectivity index is 1.87. The second kappa shape index (κ2) is 5.83. The molecule has 0 saturated carbocycles. The van der Waals surface area contributed by atoms with Crippen LogP contribution in [0.15, 0.2) is 49.3 Å². The van der Waals surface area contributed by atoms with E-state index in [1.807, 2.05) is 23.8 Å². The highest BCUT2D eigenvalue weighted by Crippen LogP contribution is 2.29. The van der Waals surface area contributed by atoms with E-state index < -0.39 is 0 Å². The molecule has 0 amide bonds. The van der Waals surface area contributed by atoms with Gasteiger partial charge in [-0.3, -0.25) is 4.57 Å². The van der Waals surface area contributed by atoms with Crippen LogP contribution in [0.25, 0.3) is 5.82 Å². The van der Waals surface area contributed by atoms with Gasteiger partial charge in [0, 0.05) is 18.5 Å². The van der Waals surface area contributed by atoms with Crippen molar-refractivity contribution in [2.75, 3.05) is 0 Å². The van der Waals surface area contributed by atoms with Gasteiger partial charge in [0.15, 0.2) is 0 Å². The van der Waals surface area contributed by atoms with Gasteiger partial charge >= 0.3 is 0 Å². The summed E-state index contributed by atoms with van der Waals surface area (Å²) >= 11 is 0. The van der Waals surface area contributed by atoms with Crippen LogP contribution in [-0.2, 0) is 5.41 Å². The van der Waals surface area contributed by atoms with Crippen LogP contribution in [0, 0.1) is 6.92 Å². The van der Waals surface area contributed by atoms with Crippen molar-refractivity contribution >= 4 is 0 Å². The summed E-state index contributed by atoms with van der Waals surface area (Å²) in [5, 5.41) is 0. The lowest BCUT2D eigenvalue weighted by molar-refractivity contribution is 0.456. The molecule has 1 aromatic carbocycles. The van der Waals surface area contributed by atoms with Crippen LogP contribution in [0.4, 0.5) is 0 Å². The van der Waals surface area contributed by atoms with Crippen molar-refractivity contribution < 1.29 is 4.74 Å². The molecule has 0 unspecified atom stereocenters. The van der Waals surface area contributed by atoms with Gasteiger partial charge in [-0.1, -0.05) is 32.9 Å². The number of ether oxygens (including phenoxy) is 1. The second-order valence-electron chi connectivity index (χ2n) is 6.52. The number of aromatic nitrogens is 4. The third-order valence-electron chi connectivity index (χ3n) is 3.65. The van der Waals surface area contributed by atoms with Gasteiger partial charge in [0.1, 0.15) is 24.2 Å². The molecule has 0 radical (unpaired) electrons. The van der Waals surface area contributed by atoms with Crippen LogP contribution in [0.5, 0.6) is 11.6 Å². The third-order valence-corrected chi connectivity index (χ3v) is 3.65. The fourth-order valence-electron chi connectivity index (χ4n) is 2.26. The molecule has 0 aliphatic rings. The Bertz CT molecular complexity index is 804. The average Bonchev–Trinajstić information content (AvgIpc) is 3.03. The molecule has 0 atom stereocenters. The molecular weight excluding hydrogens is 288 g/mol. The molecule has 0 N–H and O–H groups in total. The monoisotopic (exact) mass is 308 g/mol. The van der Waals surface area contributed by atoms with E-state index in [-0.39, 0.29) is 5.41 Å². The van der Waals surface area contributed by atoms with E-state index in [0.29, 0.717) is 5.88 Å². The zero-order valence-corrected chi connectivity index (χ0v) is 13.8. The highest BCUT2D eigenvalue weighted by atomic mass is 16.5. The van der Waals surface area contributed by atoms with Gasteiger partial charge in [0.05, 0.1) is 0 Å². The molecule has 0 spiro atoms. The fraction of sp³-hybridized carbons (Fsp3) is 0.278. The van der Waals surface area contributed by atoms with Gasteiger partial charge in [0.2, 0.25) is 5.88 Å². The smallest absolute Gasteiger partial charge is 0.224 e. The maximum Gasteiger partial charge on any atom is 0.224 e. The standard InChI is InChI=1S/C18H20N4O/c1-13-9-14(18(2,3)4)5-6-15(13)23-17-10-16(20-11-21-17)22-8-7-19-12-22/h5-12H,1-4H3. The Morgan fingerprint density at radius 1 is 1.09 bits per heavy atom. The second-order valence-corrected chi connectivity index (χ2v) is 6.52. The van der Waals surface area contributed by atoms with Crippen LogP contribution in [0.3, 0.4) is 0 Å². The number of hydrogen-bond acceptors (Lipinski definition) is 4. The summed E-state index contributed by atoms with van der Waals surface area (Å²) in [5.74, 6) is 2.03. The normalized spacial score (nSPS) is 11.5. The first kappa shape index (κ1) is 15.2. The van der Waals surface area contributed by atoms with Gasteiger partial charge < -0.3 is 4.74 Å². The first-order valence-electron chi connectivity index (χ1n) is 7.53. The zero-order chi connectivity index (χ0) is 16.4. The Hall–Kier alpha value is -2.69. The number of benzene rings is 1. The zero-order valence-electron chi connectivity index (χ0n) is 13.8. The minimum atomic E-state index is 0.118. The van der Waals surface area contributed by atoms with E-state index >= 15 is 0 Å². The van der Waals surface area contributed by atoms with E-state index in [1.165, 1.54) is 11.9 Å². The summed E-state index contributed by atoms with van der Waals surface area (Å²) in [6, 6.07) is 8.04. The van der Waals surface area contributed by atoms with Gasteiger partial charge in [-0.05, 0) is 29.5 Å².